The van der Waals surface area contributed by atoms with Gasteiger partial charge in [0.05, 0.1) is 0 Å². The molecule has 3 nitrogen and oxygen atoms in total. The van der Waals surface area contributed by atoms with Crippen LogP contribution < -0.4 is 5.73 Å². The summed E-state index contributed by atoms with van der Waals surface area (Å²) in [7, 11) is 2.28. The van der Waals surface area contributed by atoms with Gasteiger partial charge < -0.3 is 10.6 Å². The van der Waals surface area contributed by atoms with Crippen LogP contribution in [0.4, 0.5) is 0 Å². The molecule has 2 N–H and O–H groups in total. The molecule has 0 spiro atoms. The second kappa shape index (κ2) is 8.23. The van der Waals surface area contributed by atoms with Gasteiger partial charge in [-0.2, -0.15) is 0 Å². The number of likely N-dealkylation sites (N-methyl/N-ethyl adjacent to an activating group) is 1. The first-order valence-corrected chi connectivity index (χ1v) is 8.17. The van der Waals surface area contributed by atoms with E-state index in [1.807, 2.05) is 0 Å². The third-order valence-electron chi connectivity index (χ3n) is 4.70. The van der Waals surface area contributed by atoms with Crippen LogP contribution in [0, 0.1) is 5.92 Å². The van der Waals surface area contributed by atoms with Crippen LogP contribution in [0.2, 0.25) is 0 Å². The van der Waals surface area contributed by atoms with Gasteiger partial charge in [-0.25, -0.2) is 0 Å². The van der Waals surface area contributed by atoms with Crippen LogP contribution in [0.3, 0.4) is 0 Å². The van der Waals surface area contributed by atoms with Crippen molar-refractivity contribution in [2.24, 2.45) is 11.7 Å². The van der Waals surface area contributed by atoms with E-state index in [1.54, 1.807) is 0 Å². The summed E-state index contributed by atoms with van der Waals surface area (Å²) in [5.41, 5.74) is 6.39. The highest BCUT2D eigenvalue weighted by molar-refractivity contribution is 4.95. The SMILES string of the molecule is CCCCCN(C)C1(CN)CCN(CC(C)C)CC1. The van der Waals surface area contributed by atoms with Gasteiger partial charge in [0.2, 0.25) is 0 Å². The molecule has 1 fully saturated rings. The van der Waals surface area contributed by atoms with Gasteiger partial charge in [-0.3, -0.25) is 4.90 Å². The fourth-order valence-electron chi connectivity index (χ4n) is 3.25. The zero-order chi connectivity index (χ0) is 14.3. The molecule has 1 aliphatic rings. The molecule has 0 atom stereocenters. The number of unbranched alkanes of at least 4 members (excludes halogenated alkanes) is 2. The summed E-state index contributed by atoms with van der Waals surface area (Å²) >= 11 is 0. The maximum atomic E-state index is 6.13. The van der Waals surface area contributed by atoms with Crippen LogP contribution >= 0.6 is 0 Å². The van der Waals surface area contributed by atoms with Crippen molar-refractivity contribution in [1.29, 1.82) is 0 Å². The number of nitrogens with zero attached hydrogens (tertiary/aromatic N) is 2. The van der Waals surface area contributed by atoms with E-state index in [-0.39, 0.29) is 5.54 Å². The third kappa shape index (κ3) is 5.05. The molecule has 1 saturated heterocycles. The molecular formula is C16H35N3. The highest BCUT2D eigenvalue weighted by atomic mass is 15.2. The van der Waals surface area contributed by atoms with Crippen molar-refractivity contribution >= 4 is 0 Å². The molecular weight excluding hydrogens is 234 g/mol. The monoisotopic (exact) mass is 269 g/mol. The Bertz CT molecular complexity index is 232. The van der Waals surface area contributed by atoms with Gasteiger partial charge in [0, 0.05) is 18.6 Å². The standard InChI is InChI=1S/C16H35N3/c1-5-6-7-10-18(4)16(14-17)8-11-19(12-9-16)13-15(2)3/h15H,5-14,17H2,1-4H3. The number of nitrogens with two attached hydrogens (primary N) is 1. The van der Waals surface area contributed by atoms with Crippen molar-refractivity contribution in [2.45, 2.75) is 58.4 Å². The lowest BCUT2D eigenvalue weighted by molar-refractivity contribution is 0.0404. The first-order valence-electron chi connectivity index (χ1n) is 8.17. The summed E-state index contributed by atoms with van der Waals surface area (Å²) < 4.78 is 0. The van der Waals surface area contributed by atoms with Crippen molar-refractivity contribution < 1.29 is 0 Å². The van der Waals surface area contributed by atoms with E-state index in [2.05, 4.69) is 37.6 Å². The van der Waals surface area contributed by atoms with E-state index < -0.39 is 0 Å². The average molecular weight is 269 g/mol. The Kier molecular flexibility index (Phi) is 7.33. The molecule has 1 rings (SSSR count). The summed E-state index contributed by atoms with van der Waals surface area (Å²) in [6.07, 6.45) is 6.41. The number of likely N-dealkylation sites (tertiary alicyclic amines) is 1. The van der Waals surface area contributed by atoms with Crippen LogP contribution in [0.25, 0.3) is 0 Å². The van der Waals surface area contributed by atoms with Crippen LogP contribution in [-0.4, -0.2) is 55.1 Å². The van der Waals surface area contributed by atoms with Crippen LogP contribution in [0.5, 0.6) is 0 Å². The molecule has 0 unspecified atom stereocenters. The minimum atomic E-state index is 0.265. The Morgan fingerprint density at radius 3 is 2.32 bits per heavy atom. The molecule has 0 aromatic rings. The van der Waals surface area contributed by atoms with Crippen LogP contribution in [0.15, 0.2) is 0 Å². The lowest BCUT2D eigenvalue weighted by Crippen LogP contribution is -2.58. The van der Waals surface area contributed by atoms with Crippen LogP contribution in [-0.2, 0) is 0 Å². The number of hydrogen-bond donors (Lipinski definition) is 1. The Morgan fingerprint density at radius 2 is 1.84 bits per heavy atom. The van der Waals surface area contributed by atoms with Gasteiger partial charge in [0.15, 0.2) is 0 Å². The minimum absolute atomic E-state index is 0.265. The molecule has 0 bridgehead atoms. The summed E-state index contributed by atoms with van der Waals surface area (Å²) in [4.78, 5) is 5.16. The summed E-state index contributed by atoms with van der Waals surface area (Å²) in [6.45, 7) is 12.6. The zero-order valence-electron chi connectivity index (χ0n) is 13.6. The molecule has 3 heteroatoms. The van der Waals surface area contributed by atoms with Crippen molar-refractivity contribution in [3.05, 3.63) is 0 Å². The number of hydrogen-bond acceptors (Lipinski definition) is 3. The molecule has 0 amide bonds. The Hall–Kier alpha value is -0.120. The lowest BCUT2D eigenvalue weighted by Gasteiger charge is -2.47. The molecule has 1 aliphatic heterocycles. The Balaban J connectivity index is 2.44. The van der Waals surface area contributed by atoms with E-state index in [0.29, 0.717) is 0 Å². The molecule has 0 saturated carbocycles. The van der Waals surface area contributed by atoms with Gasteiger partial charge in [-0.1, -0.05) is 33.6 Å². The van der Waals surface area contributed by atoms with E-state index in [1.165, 1.54) is 58.3 Å². The molecule has 0 aliphatic carbocycles. The largest absolute Gasteiger partial charge is 0.329 e. The molecule has 114 valence electrons. The van der Waals surface area contributed by atoms with E-state index in [0.717, 1.165) is 12.5 Å². The minimum Gasteiger partial charge on any atom is -0.329 e. The Morgan fingerprint density at radius 1 is 1.21 bits per heavy atom. The highest BCUT2D eigenvalue weighted by Gasteiger charge is 2.36. The predicted octanol–water partition coefficient (Wildman–Crippen LogP) is 2.56. The van der Waals surface area contributed by atoms with Crippen molar-refractivity contribution in [1.82, 2.24) is 9.80 Å². The van der Waals surface area contributed by atoms with Gasteiger partial charge in [0.25, 0.3) is 0 Å². The topological polar surface area (TPSA) is 32.5 Å². The first-order chi connectivity index (χ1) is 9.04. The van der Waals surface area contributed by atoms with Gasteiger partial charge >= 0.3 is 0 Å². The van der Waals surface area contributed by atoms with Gasteiger partial charge in [-0.05, 0) is 51.9 Å². The molecule has 0 aromatic carbocycles. The summed E-state index contributed by atoms with van der Waals surface area (Å²) in [5, 5.41) is 0. The van der Waals surface area contributed by atoms with E-state index in [9.17, 15) is 0 Å². The van der Waals surface area contributed by atoms with Crippen molar-refractivity contribution in [3.8, 4) is 0 Å². The third-order valence-corrected chi connectivity index (χ3v) is 4.70. The quantitative estimate of drug-likeness (QED) is 0.687. The van der Waals surface area contributed by atoms with E-state index in [4.69, 9.17) is 5.73 Å². The van der Waals surface area contributed by atoms with Crippen LogP contribution in [0.1, 0.15) is 52.9 Å². The number of piperidine rings is 1. The molecule has 1 heterocycles. The fourth-order valence-corrected chi connectivity index (χ4v) is 3.25. The second-order valence-corrected chi connectivity index (χ2v) is 6.75. The van der Waals surface area contributed by atoms with Crippen molar-refractivity contribution in [2.75, 3.05) is 39.8 Å². The average Bonchev–Trinajstić information content (AvgIpc) is 2.39. The maximum Gasteiger partial charge on any atom is 0.0353 e. The smallest absolute Gasteiger partial charge is 0.0353 e. The molecule has 19 heavy (non-hydrogen) atoms. The summed E-state index contributed by atoms with van der Waals surface area (Å²) in [5.74, 6) is 0.771. The number of rotatable bonds is 8. The predicted molar refractivity (Wildman–Crippen MR) is 84.5 cm³/mol. The lowest BCUT2D eigenvalue weighted by atomic mass is 9.85. The maximum absolute atomic E-state index is 6.13. The Labute approximate surface area is 120 Å². The second-order valence-electron chi connectivity index (χ2n) is 6.75. The fraction of sp³-hybridized carbons (Fsp3) is 1.00. The van der Waals surface area contributed by atoms with E-state index >= 15 is 0 Å². The molecule has 0 radical (unpaired) electrons. The first kappa shape index (κ1) is 16.9. The normalized spacial score (nSPS) is 20.4. The van der Waals surface area contributed by atoms with Gasteiger partial charge in [-0.15, -0.1) is 0 Å². The summed E-state index contributed by atoms with van der Waals surface area (Å²) in [6, 6.07) is 0. The van der Waals surface area contributed by atoms with Crippen molar-refractivity contribution in [3.63, 3.8) is 0 Å². The highest BCUT2D eigenvalue weighted by Crippen LogP contribution is 2.27. The van der Waals surface area contributed by atoms with Gasteiger partial charge in [0.1, 0.15) is 0 Å². The molecule has 0 aromatic heterocycles. The zero-order valence-corrected chi connectivity index (χ0v) is 13.6.